The third-order valence-corrected chi connectivity index (χ3v) is 5.63. The van der Waals surface area contributed by atoms with Crippen molar-refractivity contribution in [2.24, 2.45) is 5.92 Å². The Morgan fingerprint density at radius 3 is 2.50 bits per heavy atom. The van der Waals surface area contributed by atoms with Crippen LogP contribution in [0.25, 0.3) is 5.69 Å². The molecule has 2 heterocycles. The van der Waals surface area contributed by atoms with E-state index in [4.69, 9.17) is 0 Å². The third-order valence-electron chi connectivity index (χ3n) is 4.96. The lowest BCUT2D eigenvalue weighted by Crippen LogP contribution is -2.46. The first-order chi connectivity index (χ1) is 13.5. The van der Waals surface area contributed by atoms with Crippen molar-refractivity contribution in [3.05, 3.63) is 42.2 Å². The molecule has 0 spiro atoms. The molecule has 1 aromatic heterocycles. The van der Waals surface area contributed by atoms with Gasteiger partial charge in [0.25, 0.3) is 5.91 Å². The Labute approximate surface area is 170 Å². The SMILES string of the molecule is CSc1nccn1-c1ccc(C(=O)NC2CCN(C(=O)CC(C)C)CC2)cc1. The Kier molecular flexibility index (Phi) is 6.78. The van der Waals surface area contributed by atoms with E-state index in [0.29, 0.717) is 31.0 Å². The third kappa shape index (κ3) is 4.95. The van der Waals surface area contributed by atoms with Crippen LogP contribution < -0.4 is 5.32 Å². The van der Waals surface area contributed by atoms with Crippen LogP contribution in [0, 0.1) is 5.92 Å². The number of aromatic nitrogens is 2. The fraction of sp³-hybridized carbons (Fsp3) is 0.476. The van der Waals surface area contributed by atoms with Crippen LogP contribution in [0.3, 0.4) is 0 Å². The molecule has 3 rings (SSSR count). The van der Waals surface area contributed by atoms with Crippen molar-refractivity contribution >= 4 is 23.6 Å². The van der Waals surface area contributed by atoms with Gasteiger partial charge in [-0.1, -0.05) is 25.6 Å². The van der Waals surface area contributed by atoms with Crippen molar-refractivity contribution in [3.63, 3.8) is 0 Å². The van der Waals surface area contributed by atoms with Crippen LogP contribution >= 0.6 is 11.8 Å². The van der Waals surface area contributed by atoms with E-state index in [0.717, 1.165) is 23.7 Å². The Morgan fingerprint density at radius 1 is 1.21 bits per heavy atom. The van der Waals surface area contributed by atoms with E-state index in [1.165, 1.54) is 0 Å². The number of imidazole rings is 1. The van der Waals surface area contributed by atoms with Gasteiger partial charge in [0, 0.05) is 49.2 Å². The number of thioether (sulfide) groups is 1. The van der Waals surface area contributed by atoms with E-state index in [1.54, 1.807) is 18.0 Å². The number of likely N-dealkylation sites (tertiary alicyclic amines) is 1. The summed E-state index contributed by atoms with van der Waals surface area (Å²) in [5.41, 5.74) is 1.63. The molecule has 0 bridgehead atoms. The predicted octanol–water partition coefficient (Wildman–Crippen LogP) is 3.36. The van der Waals surface area contributed by atoms with Crippen molar-refractivity contribution < 1.29 is 9.59 Å². The smallest absolute Gasteiger partial charge is 0.251 e. The molecule has 150 valence electrons. The Hall–Kier alpha value is -2.28. The van der Waals surface area contributed by atoms with Crippen LogP contribution in [-0.4, -0.2) is 51.7 Å². The zero-order valence-electron chi connectivity index (χ0n) is 16.7. The first kappa shape index (κ1) is 20.5. The number of piperidine rings is 1. The van der Waals surface area contributed by atoms with Gasteiger partial charge in [-0.3, -0.25) is 14.2 Å². The molecular formula is C21H28N4O2S. The summed E-state index contributed by atoms with van der Waals surface area (Å²) in [7, 11) is 0. The van der Waals surface area contributed by atoms with Gasteiger partial charge in [0.05, 0.1) is 0 Å². The minimum Gasteiger partial charge on any atom is -0.349 e. The molecule has 6 nitrogen and oxygen atoms in total. The van der Waals surface area contributed by atoms with Gasteiger partial charge >= 0.3 is 0 Å². The number of rotatable bonds is 6. The summed E-state index contributed by atoms with van der Waals surface area (Å²) < 4.78 is 2.00. The first-order valence-electron chi connectivity index (χ1n) is 9.74. The first-order valence-corrected chi connectivity index (χ1v) is 11.0. The second-order valence-corrected chi connectivity index (χ2v) is 8.33. The topological polar surface area (TPSA) is 67.2 Å². The number of benzene rings is 1. The molecular weight excluding hydrogens is 372 g/mol. The molecule has 1 aliphatic heterocycles. The highest BCUT2D eigenvalue weighted by Gasteiger charge is 2.24. The van der Waals surface area contributed by atoms with Crippen LogP contribution in [0.2, 0.25) is 0 Å². The molecule has 2 aromatic rings. The van der Waals surface area contributed by atoms with E-state index in [1.807, 2.05) is 46.2 Å². The molecule has 0 unspecified atom stereocenters. The number of nitrogens with zero attached hydrogens (tertiary/aromatic N) is 3. The molecule has 2 amide bonds. The van der Waals surface area contributed by atoms with Crippen LogP contribution in [0.1, 0.15) is 43.5 Å². The van der Waals surface area contributed by atoms with E-state index < -0.39 is 0 Å². The molecule has 0 radical (unpaired) electrons. The summed E-state index contributed by atoms with van der Waals surface area (Å²) in [4.78, 5) is 31.0. The van der Waals surface area contributed by atoms with Crippen LogP contribution in [0.15, 0.2) is 41.8 Å². The summed E-state index contributed by atoms with van der Waals surface area (Å²) in [6.45, 7) is 5.55. The van der Waals surface area contributed by atoms with E-state index in [9.17, 15) is 9.59 Å². The predicted molar refractivity (Wildman–Crippen MR) is 112 cm³/mol. The number of carbonyl (C=O) groups is 2. The highest BCUT2D eigenvalue weighted by Crippen LogP contribution is 2.19. The zero-order valence-corrected chi connectivity index (χ0v) is 17.5. The highest BCUT2D eigenvalue weighted by atomic mass is 32.2. The second kappa shape index (κ2) is 9.28. The molecule has 1 aromatic carbocycles. The van der Waals surface area contributed by atoms with Gasteiger partial charge in [-0.25, -0.2) is 4.98 Å². The molecule has 0 aliphatic carbocycles. The van der Waals surface area contributed by atoms with Gasteiger partial charge in [-0.15, -0.1) is 0 Å². The lowest BCUT2D eigenvalue weighted by atomic mass is 10.0. The summed E-state index contributed by atoms with van der Waals surface area (Å²) >= 11 is 1.58. The van der Waals surface area contributed by atoms with Gasteiger partial charge in [-0.05, 0) is 49.3 Å². The monoisotopic (exact) mass is 400 g/mol. The van der Waals surface area contributed by atoms with Crippen molar-refractivity contribution in [2.45, 2.75) is 44.3 Å². The minimum atomic E-state index is -0.0609. The van der Waals surface area contributed by atoms with E-state index >= 15 is 0 Å². The van der Waals surface area contributed by atoms with Gasteiger partial charge in [0.15, 0.2) is 5.16 Å². The largest absolute Gasteiger partial charge is 0.349 e. The molecule has 28 heavy (non-hydrogen) atoms. The van der Waals surface area contributed by atoms with E-state index in [2.05, 4.69) is 24.1 Å². The number of nitrogens with one attached hydrogen (secondary N) is 1. The van der Waals surface area contributed by atoms with Crippen molar-refractivity contribution in [3.8, 4) is 5.69 Å². The summed E-state index contributed by atoms with van der Waals surface area (Å²) in [5, 5.41) is 4.02. The van der Waals surface area contributed by atoms with Gasteiger partial charge in [0.2, 0.25) is 5.91 Å². The van der Waals surface area contributed by atoms with Crippen LogP contribution in [-0.2, 0) is 4.79 Å². The summed E-state index contributed by atoms with van der Waals surface area (Å²) in [6, 6.07) is 7.67. The molecule has 1 saturated heterocycles. The normalized spacial score (nSPS) is 15.1. The van der Waals surface area contributed by atoms with Crippen LogP contribution in [0.5, 0.6) is 0 Å². The van der Waals surface area contributed by atoms with Gasteiger partial charge in [-0.2, -0.15) is 0 Å². The second-order valence-electron chi connectivity index (χ2n) is 7.56. The zero-order chi connectivity index (χ0) is 20.1. The Morgan fingerprint density at radius 2 is 1.89 bits per heavy atom. The quantitative estimate of drug-likeness (QED) is 0.755. The summed E-state index contributed by atoms with van der Waals surface area (Å²) in [5.74, 6) is 0.538. The van der Waals surface area contributed by atoms with Gasteiger partial charge < -0.3 is 10.2 Å². The molecule has 0 atom stereocenters. The molecule has 1 aliphatic rings. The standard InChI is InChI=1S/C21H28N4O2S/c1-15(2)14-19(26)24-11-8-17(9-12-24)23-20(27)16-4-6-18(7-5-16)25-13-10-22-21(25)28-3/h4-7,10,13,15,17H,8-9,11-12,14H2,1-3H3,(H,23,27). The maximum absolute atomic E-state index is 12.6. The minimum absolute atomic E-state index is 0.0609. The van der Waals surface area contributed by atoms with Crippen molar-refractivity contribution in [1.82, 2.24) is 19.8 Å². The lowest BCUT2D eigenvalue weighted by molar-refractivity contribution is -0.133. The van der Waals surface area contributed by atoms with Crippen LogP contribution in [0.4, 0.5) is 0 Å². The number of hydrogen-bond acceptors (Lipinski definition) is 4. The van der Waals surface area contributed by atoms with Crippen molar-refractivity contribution in [1.29, 1.82) is 0 Å². The molecule has 1 N–H and O–H groups in total. The number of amides is 2. The fourth-order valence-electron chi connectivity index (χ4n) is 3.43. The Balaban J connectivity index is 1.54. The fourth-order valence-corrected chi connectivity index (χ4v) is 3.96. The maximum atomic E-state index is 12.6. The summed E-state index contributed by atoms with van der Waals surface area (Å²) in [6.07, 6.45) is 7.88. The average molecular weight is 401 g/mol. The van der Waals surface area contributed by atoms with Crippen molar-refractivity contribution in [2.75, 3.05) is 19.3 Å². The highest BCUT2D eigenvalue weighted by molar-refractivity contribution is 7.98. The number of hydrogen-bond donors (Lipinski definition) is 1. The van der Waals surface area contributed by atoms with E-state index in [-0.39, 0.29) is 17.9 Å². The lowest BCUT2D eigenvalue weighted by Gasteiger charge is -2.32. The molecule has 1 fully saturated rings. The average Bonchev–Trinajstić information content (AvgIpc) is 3.17. The number of carbonyl (C=O) groups excluding carboxylic acids is 2. The maximum Gasteiger partial charge on any atom is 0.251 e. The Bertz CT molecular complexity index is 808. The molecule has 0 saturated carbocycles. The molecule has 7 heteroatoms. The van der Waals surface area contributed by atoms with Gasteiger partial charge in [0.1, 0.15) is 0 Å².